The number of carbonyl (C=O) groups excluding carboxylic acids is 1. The largest absolute Gasteiger partial charge is 0.470 e. The molecule has 1 atom stereocenters. The molecule has 7 nitrogen and oxygen atoms in total. The number of aliphatic hydroxyl groups excluding tert-OH is 1. The van der Waals surface area contributed by atoms with E-state index in [1.165, 1.54) is 6.07 Å². The molecule has 0 aliphatic carbocycles. The van der Waals surface area contributed by atoms with Gasteiger partial charge < -0.3 is 15.2 Å². The lowest BCUT2D eigenvalue weighted by atomic mass is 10.1. The van der Waals surface area contributed by atoms with Gasteiger partial charge in [0.05, 0.1) is 29.6 Å². The number of fused-ring (bicyclic) bond motifs is 1. The molecule has 0 radical (unpaired) electrons. The predicted octanol–water partition coefficient (Wildman–Crippen LogP) is 3.48. The van der Waals surface area contributed by atoms with Gasteiger partial charge in [0, 0.05) is 6.20 Å². The Morgan fingerprint density at radius 3 is 2.61 bits per heavy atom. The van der Waals surface area contributed by atoms with Gasteiger partial charge in [0.2, 0.25) is 5.65 Å². The Morgan fingerprint density at radius 2 is 1.97 bits per heavy atom. The molecular formula is C22H26F2N4O3. The summed E-state index contributed by atoms with van der Waals surface area (Å²) in [5, 5.41) is 12.4. The number of hydrogen-bond donors (Lipinski definition) is 2. The fourth-order valence-electron chi connectivity index (χ4n) is 3.34. The molecule has 3 rings (SSSR count). The minimum absolute atomic E-state index is 0.0643. The van der Waals surface area contributed by atoms with Crippen LogP contribution in [-0.2, 0) is 6.61 Å². The molecule has 0 aliphatic rings. The van der Waals surface area contributed by atoms with Crippen molar-refractivity contribution in [1.82, 2.24) is 19.7 Å². The number of unbranched alkanes of at least 4 members (excludes halogenated alkanes) is 1. The van der Waals surface area contributed by atoms with E-state index in [0.717, 1.165) is 25.0 Å². The van der Waals surface area contributed by atoms with Gasteiger partial charge in [0.25, 0.3) is 11.8 Å². The average molecular weight is 432 g/mol. The second-order valence-corrected chi connectivity index (χ2v) is 7.41. The summed E-state index contributed by atoms with van der Waals surface area (Å²) < 4.78 is 35.0. The lowest BCUT2D eigenvalue weighted by Crippen LogP contribution is -2.38. The molecule has 2 N–H and O–H groups in total. The van der Waals surface area contributed by atoms with E-state index in [4.69, 9.17) is 4.74 Å². The van der Waals surface area contributed by atoms with Crippen molar-refractivity contribution in [3.05, 3.63) is 58.7 Å². The first-order chi connectivity index (χ1) is 14.8. The highest BCUT2D eigenvalue weighted by Crippen LogP contribution is 2.23. The van der Waals surface area contributed by atoms with Crippen LogP contribution in [0.15, 0.2) is 24.4 Å². The average Bonchev–Trinajstić information content (AvgIpc) is 3.06. The highest BCUT2D eigenvalue weighted by molar-refractivity contribution is 5.95. The van der Waals surface area contributed by atoms with Crippen molar-refractivity contribution < 1.29 is 23.4 Å². The number of ether oxygens (including phenoxy) is 1. The topological polar surface area (TPSA) is 88.8 Å². The fourth-order valence-corrected chi connectivity index (χ4v) is 3.34. The van der Waals surface area contributed by atoms with E-state index in [0.29, 0.717) is 17.8 Å². The van der Waals surface area contributed by atoms with Crippen molar-refractivity contribution in [1.29, 1.82) is 0 Å². The van der Waals surface area contributed by atoms with Crippen molar-refractivity contribution in [2.75, 3.05) is 6.61 Å². The Kier molecular flexibility index (Phi) is 7.17. The fraction of sp³-hybridized carbons (Fsp3) is 0.409. The summed E-state index contributed by atoms with van der Waals surface area (Å²) in [4.78, 5) is 21.6. The lowest BCUT2D eigenvalue weighted by Gasteiger charge is -2.16. The molecule has 31 heavy (non-hydrogen) atoms. The number of aromatic nitrogens is 3. The lowest BCUT2D eigenvalue weighted by molar-refractivity contribution is 0.0905. The first-order valence-corrected chi connectivity index (χ1v) is 10.2. The van der Waals surface area contributed by atoms with E-state index in [1.807, 2.05) is 6.92 Å². The Hall–Kier alpha value is -3.07. The molecule has 2 aromatic heterocycles. The molecule has 3 aromatic rings. The Labute approximate surface area is 179 Å². The molecule has 9 heteroatoms. The second kappa shape index (κ2) is 9.82. The third-order valence-corrected chi connectivity index (χ3v) is 4.96. The van der Waals surface area contributed by atoms with E-state index in [-0.39, 0.29) is 47.9 Å². The van der Waals surface area contributed by atoms with Crippen LogP contribution in [0.3, 0.4) is 0 Å². The van der Waals surface area contributed by atoms with Crippen LogP contribution in [0, 0.1) is 25.5 Å². The highest BCUT2D eigenvalue weighted by Gasteiger charge is 2.22. The molecule has 0 saturated heterocycles. The highest BCUT2D eigenvalue weighted by atomic mass is 19.1. The first kappa shape index (κ1) is 22.6. The van der Waals surface area contributed by atoms with Crippen LogP contribution >= 0.6 is 0 Å². The third-order valence-electron chi connectivity index (χ3n) is 4.96. The van der Waals surface area contributed by atoms with Crippen molar-refractivity contribution in [2.45, 2.75) is 52.7 Å². The van der Waals surface area contributed by atoms with Gasteiger partial charge in [-0.15, -0.1) is 0 Å². The molecular weight excluding hydrogens is 406 g/mol. The molecule has 1 aromatic carbocycles. The van der Waals surface area contributed by atoms with Crippen molar-refractivity contribution in [3.8, 4) is 5.88 Å². The number of nitrogens with one attached hydrogen (secondary N) is 1. The number of hydrogen-bond acceptors (Lipinski definition) is 5. The van der Waals surface area contributed by atoms with Gasteiger partial charge in [0.1, 0.15) is 23.9 Å². The smallest absolute Gasteiger partial charge is 0.270 e. The molecule has 0 saturated carbocycles. The minimum atomic E-state index is -0.717. The maximum Gasteiger partial charge on any atom is 0.270 e. The molecule has 1 amide bonds. The van der Waals surface area contributed by atoms with Gasteiger partial charge in [-0.3, -0.25) is 9.20 Å². The summed E-state index contributed by atoms with van der Waals surface area (Å²) in [6.45, 7) is 4.89. The Morgan fingerprint density at radius 1 is 1.26 bits per heavy atom. The number of aryl methyl sites for hydroxylation is 2. The zero-order valence-electron chi connectivity index (χ0n) is 17.8. The monoisotopic (exact) mass is 432 g/mol. The number of carbonyl (C=O) groups is 1. The number of nitrogens with zero attached hydrogens (tertiary/aromatic N) is 3. The van der Waals surface area contributed by atoms with E-state index < -0.39 is 11.6 Å². The summed E-state index contributed by atoms with van der Waals surface area (Å²) in [7, 11) is 0. The summed E-state index contributed by atoms with van der Waals surface area (Å²) in [5.74, 6) is -1.75. The predicted molar refractivity (Wildman–Crippen MR) is 111 cm³/mol. The molecule has 0 aliphatic heterocycles. The van der Waals surface area contributed by atoms with E-state index in [1.54, 1.807) is 24.4 Å². The normalized spacial score (nSPS) is 12.2. The summed E-state index contributed by atoms with van der Waals surface area (Å²) in [6, 6.07) is 3.22. The van der Waals surface area contributed by atoms with Gasteiger partial charge >= 0.3 is 0 Å². The Bertz CT molecular complexity index is 1060. The second-order valence-electron chi connectivity index (χ2n) is 7.41. The minimum Gasteiger partial charge on any atom is -0.470 e. The quantitative estimate of drug-likeness (QED) is 0.540. The van der Waals surface area contributed by atoms with Crippen LogP contribution in [0.4, 0.5) is 8.78 Å². The standard InChI is InChI=1S/C22H26F2N4O3/c1-4-5-7-15(11-29)27-21(30)19-14(3)26-20-22(25-13(2)10-28(19)20)31-12-16-17(23)8-6-9-18(16)24/h6,8-10,15,29H,4-5,7,11-12H2,1-3H3,(H,27,30). The van der Waals surface area contributed by atoms with Crippen molar-refractivity contribution in [3.63, 3.8) is 0 Å². The number of benzene rings is 1. The SMILES string of the molecule is CCCCC(CO)NC(=O)c1c(C)nc2c(OCc3c(F)cccc3F)nc(C)cn12. The van der Waals surface area contributed by atoms with Crippen molar-refractivity contribution >= 4 is 11.6 Å². The van der Waals surface area contributed by atoms with Gasteiger partial charge in [-0.1, -0.05) is 25.8 Å². The van der Waals surface area contributed by atoms with Crippen LogP contribution in [0.25, 0.3) is 5.65 Å². The van der Waals surface area contributed by atoms with E-state index >= 15 is 0 Å². The van der Waals surface area contributed by atoms with Gasteiger partial charge in [-0.2, -0.15) is 0 Å². The van der Waals surface area contributed by atoms with Crippen molar-refractivity contribution in [2.24, 2.45) is 0 Å². The number of aliphatic hydroxyl groups is 1. The molecule has 2 heterocycles. The van der Waals surface area contributed by atoms with E-state index in [2.05, 4.69) is 15.3 Å². The van der Waals surface area contributed by atoms with Crippen LogP contribution < -0.4 is 10.1 Å². The maximum atomic E-state index is 13.9. The number of halogens is 2. The van der Waals surface area contributed by atoms with Crippen LogP contribution in [0.1, 0.15) is 53.6 Å². The molecule has 0 fully saturated rings. The molecule has 166 valence electrons. The zero-order chi connectivity index (χ0) is 22.5. The zero-order valence-corrected chi connectivity index (χ0v) is 17.8. The van der Waals surface area contributed by atoms with Gasteiger partial charge in [-0.25, -0.2) is 18.7 Å². The number of imidazole rings is 1. The molecule has 0 bridgehead atoms. The molecule has 0 spiro atoms. The van der Waals surface area contributed by atoms with Gasteiger partial charge in [-0.05, 0) is 32.4 Å². The maximum absolute atomic E-state index is 13.9. The van der Waals surface area contributed by atoms with E-state index in [9.17, 15) is 18.7 Å². The first-order valence-electron chi connectivity index (χ1n) is 10.2. The molecule has 1 unspecified atom stereocenters. The number of rotatable bonds is 9. The summed E-state index contributed by atoms with van der Waals surface area (Å²) >= 11 is 0. The summed E-state index contributed by atoms with van der Waals surface area (Å²) in [5.41, 5.74) is 1.31. The van der Waals surface area contributed by atoms with Crippen LogP contribution in [0.2, 0.25) is 0 Å². The van der Waals surface area contributed by atoms with Gasteiger partial charge in [0.15, 0.2) is 0 Å². The number of amides is 1. The third kappa shape index (κ3) is 4.99. The van der Waals surface area contributed by atoms with Crippen LogP contribution in [-0.4, -0.2) is 38.0 Å². The Balaban J connectivity index is 1.91. The van der Waals surface area contributed by atoms with Crippen LogP contribution in [0.5, 0.6) is 5.88 Å². The summed E-state index contributed by atoms with van der Waals surface area (Å²) in [6.07, 6.45) is 4.14.